The van der Waals surface area contributed by atoms with Crippen LogP contribution in [0.1, 0.15) is 17.5 Å². The van der Waals surface area contributed by atoms with Crippen molar-refractivity contribution in [2.75, 3.05) is 0 Å². The molecule has 1 heteroatoms. The maximum Gasteiger partial charge on any atom is 2.00 e. The molecule has 0 unspecified atom stereocenters. The number of hydrogen-bond donors (Lipinski definition) is 0. The molecule has 1 aliphatic rings. The molecular weight excluding hydrogens is 319 g/mol. The van der Waals surface area contributed by atoms with Crippen LogP contribution in [0.5, 0.6) is 0 Å². The van der Waals surface area contributed by atoms with E-state index in [0.717, 1.165) is 0 Å². The molecule has 0 fully saturated rings. The quantitative estimate of drug-likeness (QED) is 0.507. The summed E-state index contributed by atoms with van der Waals surface area (Å²) in [7, 11) is 0. The minimum atomic E-state index is 0. The Balaban J connectivity index is 0.000000158. The number of aryl methyl sites for hydroxylation is 2. The normalized spacial score (nSPS) is 11.0. The predicted octanol–water partition coefficient (Wildman–Crippen LogP) is 4.98. The monoisotopic (exact) mass is 338 g/mol. The molecule has 0 spiro atoms. The molecule has 0 aliphatic heterocycles. The second kappa shape index (κ2) is 10.6. The molecule has 0 nitrogen and oxygen atoms in total. The Labute approximate surface area is 141 Å². The van der Waals surface area contributed by atoms with E-state index < -0.39 is 0 Å². The molecule has 3 aromatic rings. The molecule has 0 saturated carbocycles. The van der Waals surface area contributed by atoms with Gasteiger partial charge < -0.3 is 0 Å². The molecule has 0 heterocycles. The van der Waals surface area contributed by atoms with Gasteiger partial charge in [0.1, 0.15) is 0 Å². The molecule has 0 radical (unpaired) electrons. The molecule has 0 saturated heterocycles. The van der Waals surface area contributed by atoms with E-state index in [9.17, 15) is 0 Å². The summed E-state index contributed by atoms with van der Waals surface area (Å²) in [5.41, 5.74) is 3.13. The molecule has 4 rings (SSSR count). The fourth-order valence-electron chi connectivity index (χ4n) is 2.16. The van der Waals surface area contributed by atoms with Crippen LogP contribution in [-0.2, 0) is 39.0 Å². The average Bonchev–Trinajstić information content (AvgIpc) is 3.22. The van der Waals surface area contributed by atoms with Gasteiger partial charge in [0.15, 0.2) is 0 Å². The summed E-state index contributed by atoms with van der Waals surface area (Å²) in [5, 5.41) is 0. The fourth-order valence-corrected chi connectivity index (χ4v) is 2.16. The maximum absolute atomic E-state index is 2.24. The molecule has 3 aromatic carbocycles. The van der Waals surface area contributed by atoms with Gasteiger partial charge in [0.05, 0.1) is 0 Å². The number of benzene rings is 1. The van der Waals surface area contributed by atoms with E-state index >= 15 is 0 Å². The van der Waals surface area contributed by atoms with Crippen molar-refractivity contribution in [1.82, 2.24) is 0 Å². The van der Waals surface area contributed by atoms with Crippen LogP contribution in [0.15, 0.2) is 84.9 Å². The molecule has 100 valence electrons. The first-order chi connectivity index (χ1) is 9.47. The van der Waals surface area contributed by atoms with Crippen LogP contribution >= 0.6 is 0 Å². The Morgan fingerprint density at radius 3 is 1.30 bits per heavy atom. The van der Waals surface area contributed by atoms with Crippen molar-refractivity contribution in [2.45, 2.75) is 19.3 Å². The standard InChI is InChI=1S/C9H10.2C5H5.Zr/c1-2-5-9-7-3-6-8(9)4-1;2*1-2-4-5-3-1;/h1-2,4-5H,3,6-7H2;2*1-5H;/q;2*-1;+2. The second-order valence-corrected chi connectivity index (χ2v) is 4.55. The topological polar surface area (TPSA) is 0 Å². The van der Waals surface area contributed by atoms with Crippen LogP contribution < -0.4 is 0 Å². The average molecular weight is 340 g/mol. The van der Waals surface area contributed by atoms with Gasteiger partial charge in [0, 0.05) is 0 Å². The van der Waals surface area contributed by atoms with Gasteiger partial charge in [-0.3, -0.25) is 0 Å². The second-order valence-electron chi connectivity index (χ2n) is 4.55. The van der Waals surface area contributed by atoms with Gasteiger partial charge in [-0.05, 0) is 30.4 Å². The van der Waals surface area contributed by atoms with Crippen LogP contribution in [0, 0.1) is 0 Å². The van der Waals surface area contributed by atoms with Crippen molar-refractivity contribution < 1.29 is 26.2 Å². The Kier molecular flexibility index (Phi) is 8.91. The summed E-state index contributed by atoms with van der Waals surface area (Å²) < 4.78 is 0. The van der Waals surface area contributed by atoms with Crippen LogP contribution in [0.25, 0.3) is 0 Å². The summed E-state index contributed by atoms with van der Waals surface area (Å²) in [5.74, 6) is 0. The Hall–Kier alpha value is -1.20. The third kappa shape index (κ3) is 6.30. The Bertz CT molecular complexity index is 437. The van der Waals surface area contributed by atoms with E-state index in [1.54, 1.807) is 11.1 Å². The third-order valence-corrected chi connectivity index (χ3v) is 3.12. The van der Waals surface area contributed by atoms with E-state index in [2.05, 4.69) is 24.3 Å². The van der Waals surface area contributed by atoms with Gasteiger partial charge in [-0.15, -0.1) is 0 Å². The van der Waals surface area contributed by atoms with Crippen molar-refractivity contribution in [3.05, 3.63) is 96.1 Å². The minimum absolute atomic E-state index is 0. The SMILES string of the molecule is [Zr+2].c1cc[cH-]c1.c1cc[cH-]c1.c1ccc2c(c1)CCC2. The first-order valence-corrected chi connectivity index (χ1v) is 6.87. The molecule has 0 atom stereocenters. The van der Waals surface area contributed by atoms with Crippen molar-refractivity contribution in [2.24, 2.45) is 0 Å². The van der Waals surface area contributed by atoms with Crippen molar-refractivity contribution in [1.29, 1.82) is 0 Å². The van der Waals surface area contributed by atoms with Gasteiger partial charge >= 0.3 is 26.2 Å². The summed E-state index contributed by atoms with van der Waals surface area (Å²) in [6.07, 6.45) is 3.96. The predicted molar refractivity (Wildman–Crippen MR) is 82.5 cm³/mol. The molecular formula is C19H20Zr. The zero-order valence-electron chi connectivity index (χ0n) is 11.7. The van der Waals surface area contributed by atoms with E-state index in [1.165, 1.54) is 19.3 Å². The van der Waals surface area contributed by atoms with E-state index in [-0.39, 0.29) is 26.2 Å². The first kappa shape index (κ1) is 16.9. The first-order valence-electron chi connectivity index (χ1n) is 6.87. The zero-order chi connectivity index (χ0) is 13.2. The summed E-state index contributed by atoms with van der Waals surface area (Å²) in [6.45, 7) is 0. The molecule has 20 heavy (non-hydrogen) atoms. The smallest absolute Gasteiger partial charge is 0.214 e. The third-order valence-electron chi connectivity index (χ3n) is 3.12. The molecule has 0 bridgehead atoms. The number of fused-ring (bicyclic) bond motifs is 1. The van der Waals surface area contributed by atoms with Gasteiger partial charge in [-0.2, -0.15) is 36.4 Å². The Morgan fingerprint density at radius 1 is 0.600 bits per heavy atom. The largest absolute Gasteiger partial charge is 2.00 e. The minimum Gasteiger partial charge on any atom is -0.214 e. The van der Waals surface area contributed by atoms with Crippen molar-refractivity contribution in [3.8, 4) is 0 Å². The summed E-state index contributed by atoms with van der Waals surface area (Å²) in [6, 6.07) is 28.7. The summed E-state index contributed by atoms with van der Waals surface area (Å²) in [4.78, 5) is 0. The molecule has 0 amide bonds. The van der Waals surface area contributed by atoms with Gasteiger partial charge in [0.2, 0.25) is 0 Å². The number of hydrogen-bond acceptors (Lipinski definition) is 0. The number of rotatable bonds is 0. The van der Waals surface area contributed by atoms with Gasteiger partial charge in [0.25, 0.3) is 0 Å². The Morgan fingerprint density at radius 2 is 1.00 bits per heavy atom. The molecule has 0 aromatic heterocycles. The van der Waals surface area contributed by atoms with Crippen LogP contribution in [-0.4, -0.2) is 0 Å². The van der Waals surface area contributed by atoms with Crippen LogP contribution in [0.3, 0.4) is 0 Å². The van der Waals surface area contributed by atoms with E-state index in [0.29, 0.717) is 0 Å². The van der Waals surface area contributed by atoms with Crippen molar-refractivity contribution >= 4 is 0 Å². The van der Waals surface area contributed by atoms with Crippen molar-refractivity contribution in [3.63, 3.8) is 0 Å². The summed E-state index contributed by atoms with van der Waals surface area (Å²) >= 11 is 0. The van der Waals surface area contributed by atoms with E-state index in [1.807, 2.05) is 60.7 Å². The maximum atomic E-state index is 2.24. The fraction of sp³-hybridized carbons (Fsp3) is 0.158. The molecule has 1 aliphatic carbocycles. The van der Waals surface area contributed by atoms with Gasteiger partial charge in [-0.1, -0.05) is 24.3 Å². The van der Waals surface area contributed by atoms with Gasteiger partial charge in [-0.25, -0.2) is 24.3 Å². The molecule has 0 N–H and O–H groups in total. The van der Waals surface area contributed by atoms with Crippen LogP contribution in [0.4, 0.5) is 0 Å². The van der Waals surface area contributed by atoms with E-state index in [4.69, 9.17) is 0 Å². The zero-order valence-corrected chi connectivity index (χ0v) is 14.2. The van der Waals surface area contributed by atoms with Crippen LogP contribution in [0.2, 0.25) is 0 Å².